The molecule has 2 unspecified atom stereocenters. The number of allylic oxidation sites excluding steroid dienone is 1. The van der Waals surface area contributed by atoms with Crippen LogP contribution in [0.5, 0.6) is 0 Å². The van der Waals surface area contributed by atoms with Crippen molar-refractivity contribution in [1.29, 1.82) is 0 Å². The number of esters is 1. The van der Waals surface area contributed by atoms with Gasteiger partial charge in [0.1, 0.15) is 40.5 Å². The number of hydrogen-bond donors (Lipinski definition) is 2. The zero-order chi connectivity index (χ0) is 47.7. The molecule has 1 saturated heterocycles. The number of β-lactam (4-membered cyclic amide) rings is 1. The topological polar surface area (TPSA) is 154 Å². The number of hydrogen-bond acceptors (Lipinski definition) is 16. The van der Waals surface area contributed by atoms with Crippen LogP contribution in [0.2, 0.25) is 0 Å². The molecule has 69 heavy (non-hydrogen) atoms. The van der Waals surface area contributed by atoms with Crippen molar-refractivity contribution in [2.45, 2.75) is 33.9 Å². The molecule has 9 rings (SSSR count). The predicted molar refractivity (Wildman–Crippen MR) is 274 cm³/mol. The number of nitrogens with zero attached hydrogens (tertiary/aromatic N) is 7. The van der Waals surface area contributed by atoms with Crippen molar-refractivity contribution in [1.82, 2.24) is 35.3 Å². The average Bonchev–Trinajstić information content (AvgIpc) is 4.05. The number of ether oxygens (including phenoxy) is 1. The Morgan fingerprint density at radius 3 is 1.96 bits per heavy atom. The van der Waals surface area contributed by atoms with Gasteiger partial charge in [0.25, 0.3) is 11.8 Å². The molecule has 3 aliphatic rings. The number of benzene rings is 5. The number of fused-ring (bicyclic) bond motifs is 1. The molecule has 3 aliphatic heterocycles. The molecule has 4 heterocycles. The molecule has 0 radical (unpaired) electrons. The lowest BCUT2D eigenvalue weighted by Gasteiger charge is -2.49. The average molecular weight is 994 g/mol. The molecule has 2 amide bonds. The first-order valence-electron chi connectivity index (χ1n) is 21.9. The van der Waals surface area contributed by atoms with E-state index in [-0.39, 0.29) is 17.2 Å². The van der Waals surface area contributed by atoms with Crippen LogP contribution >= 0.6 is 46.8 Å². The Morgan fingerprint density at radius 2 is 1.41 bits per heavy atom. The first-order chi connectivity index (χ1) is 33.7. The molecular formula is C51H47N9O5S4. The molecule has 0 spiro atoms. The van der Waals surface area contributed by atoms with Gasteiger partial charge in [-0.15, -0.1) is 22.0 Å². The number of carbonyl (C=O) groups excluding carboxylic acids is 3. The molecule has 0 aliphatic carbocycles. The molecular weight excluding hydrogens is 947 g/mol. The predicted octanol–water partition coefficient (Wildman–Crippen LogP) is 8.01. The Morgan fingerprint density at radius 1 is 0.841 bits per heavy atom. The van der Waals surface area contributed by atoms with Crippen LogP contribution in [0.1, 0.15) is 38.9 Å². The third-order valence-corrected chi connectivity index (χ3v) is 15.3. The van der Waals surface area contributed by atoms with Crippen molar-refractivity contribution in [2.75, 3.05) is 32.7 Å². The van der Waals surface area contributed by atoms with Crippen LogP contribution in [0.4, 0.5) is 0 Å². The highest BCUT2D eigenvalue weighted by atomic mass is 32.2. The van der Waals surface area contributed by atoms with E-state index in [0.29, 0.717) is 23.6 Å². The van der Waals surface area contributed by atoms with Gasteiger partial charge in [-0.1, -0.05) is 180 Å². The lowest BCUT2D eigenvalue weighted by molar-refractivity contribution is -0.154. The van der Waals surface area contributed by atoms with Crippen molar-refractivity contribution >= 4 is 76.0 Å². The van der Waals surface area contributed by atoms with Gasteiger partial charge in [0.2, 0.25) is 0 Å². The van der Waals surface area contributed by atoms with E-state index in [0.717, 1.165) is 37.2 Å². The van der Waals surface area contributed by atoms with E-state index in [1.165, 1.54) is 58.8 Å². The van der Waals surface area contributed by atoms with E-state index in [4.69, 9.17) is 14.7 Å². The summed E-state index contributed by atoms with van der Waals surface area (Å²) in [6.45, 7) is 0.667. The monoisotopic (exact) mass is 993 g/mol. The summed E-state index contributed by atoms with van der Waals surface area (Å²) in [5.41, 5.74) is 8.23. The Kier molecular flexibility index (Phi) is 15.0. The summed E-state index contributed by atoms with van der Waals surface area (Å²) in [7, 11) is 5.30. The first-order valence-corrected chi connectivity index (χ1v) is 25.6. The number of thioether (sulfide) groups is 2. The van der Waals surface area contributed by atoms with Gasteiger partial charge in [-0.3, -0.25) is 14.5 Å². The number of hydrazine groups is 1. The second-order valence-electron chi connectivity index (χ2n) is 16.1. The van der Waals surface area contributed by atoms with Crippen LogP contribution < -0.4 is 10.7 Å². The second kappa shape index (κ2) is 21.8. The summed E-state index contributed by atoms with van der Waals surface area (Å²) in [6.07, 6.45) is 1.06. The highest BCUT2D eigenvalue weighted by Gasteiger charge is 2.55. The van der Waals surface area contributed by atoms with Crippen molar-refractivity contribution in [3.63, 3.8) is 0 Å². The van der Waals surface area contributed by atoms with Crippen molar-refractivity contribution < 1.29 is 24.0 Å². The molecule has 0 saturated carbocycles. The molecule has 0 bridgehead atoms. The maximum absolute atomic E-state index is 14.6. The molecule has 1 fully saturated rings. The van der Waals surface area contributed by atoms with Crippen LogP contribution in [0, 0.1) is 0 Å². The third kappa shape index (κ3) is 10.4. The maximum Gasteiger partial charge on any atom is 0.356 e. The highest BCUT2D eigenvalue weighted by Crippen LogP contribution is 2.43. The number of nitrogens with one attached hydrogen (secondary N) is 2. The van der Waals surface area contributed by atoms with E-state index in [2.05, 4.69) is 62.5 Å². The fraction of sp³-hybridized carbons (Fsp3) is 0.196. The lowest BCUT2D eigenvalue weighted by atomic mass is 9.77. The fourth-order valence-electron chi connectivity index (χ4n) is 8.19. The van der Waals surface area contributed by atoms with Gasteiger partial charge in [0, 0.05) is 5.75 Å². The summed E-state index contributed by atoms with van der Waals surface area (Å²) in [4.78, 5) is 52.0. The van der Waals surface area contributed by atoms with E-state index >= 15 is 0 Å². The van der Waals surface area contributed by atoms with Gasteiger partial charge in [0.05, 0.1) is 12.3 Å². The Bertz CT molecular complexity index is 2750. The molecule has 5 aromatic carbocycles. The summed E-state index contributed by atoms with van der Waals surface area (Å²) >= 11 is 5.65. The third-order valence-electron chi connectivity index (χ3n) is 11.3. The summed E-state index contributed by atoms with van der Waals surface area (Å²) in [5, 5.41) is 22.6. The van der Waals surface area contributed by atoms with Crippen LogP contribution in [0.15, 0.2) is 189 Å². The molecule has 1 aromatic heterocycles. The minimum Gasteiger partial charge on any atom is -0.448 e. The minimum absolute atomic E-state index is 0.0825. The highest BCUT2D eigenvalue weighted by molar-refractivity contribution is 8.03. The fourth-order valence-corrected chi connectivity index (χ4v) is 12.1. The molecule has 6 aromatic rings. The normalized spacial score (nSPS) is 17.3. The SMILES string of the molecule is CON=C(C(=O)NC1C(=O)N2C(C(=O)OC(c3ccccc3)c3ccccc3)=C(C=CSc3nnc(CN(C)C)s3)CSC12)C1=NN(NC(c2ccccc2)(c2ccccc2)c2ccccc2)SC1. The Labute approximate surface area is 417 Å². The van der Waals surface area contributed by atoms with Crippen molar-refractivity contribution in [2.24, 2.45) is 10.3 Å². The van der Waals surface area contributed by atoms with Crippen LogP contribution in [-0.4, -0.2) is 97.9 Å². The van der Waals surface area contributed by atoms with Crippen molar-refractivity contribution in [3.05, 3.63) is 207 Å². The number of oxime groups is 1. The number of aromatic nitrogens is 2. The van der Waals surface area contributed by atoms with Gasteiger partial charge < -0.3 is 19.8 Å². The van der Waals surface area contributed by atoms with Gasteiger partial charge in [-0.25, -0.2) is 4.79 Å². The molecule has 350 valence electrons. The smallest absolute Gasteiger partial charge is 0.356 e. The second-order valence-corrected chi connectivity index (χ2v) is 20.3. The number of rotatable bonds is 18. The lowest BCUT2D eigenvalue weighted by Crippen LogP contribution is -2.71. The molecule has 2 N–H and O–H groups in total. The number of amides is 2. The van der Waals surface area contributed by atoms with E-state index in [9.17, 15) is 14.4 Å². The van der Waals surface area contributed by atoms with Gasteiger partial charge in [-0.05, 0) is 70.9 Å². The van der Waals surface area contributed by atoms with Gasteiger partial charge in [-0.2, -0.15) is 15.1 Å². The first kappa shape index (κ1) is 47.5. The zero-order valence-electron chi connectivity index (χ0n) is 37.7. The van der Waals surface area contributed by atoms with Crippen LogP contribution in [0.25, 0.3) is 0 Å². The van der Waals surface area contributed by atoms with Crippen LogP contribution in [-0.2, 0) is 36.0 Å². The van der Waals surface area contributed by atoms with Gasteiger partial charge >= 0.3 is 5.97 Å². The summed E-state index contributed by atoms with van der Waals surface area (Å²) < 4.78 is 8.75. The molecule has 18 heteroatoms. The standard InChI is InChI=1S/C51H47N9O5S4/c1-58(2)31-41-53-54-50(69-41)66-30-29-36-32-67-48-43(47(62)59(48)44(36)49(63)65-45(34-19-9-4-10-20-34)35-21-11-5-12-22-35)52-46(61)42(56-64-3)40-33-68-60(55-40)57-51(37-23-13-6-14-24-37,38-25-15-7-16-26-38)39-27-17-8-18-28-39/h4-30,43,45,48,57H,31-33H2,1-3H3,(H,52,61). The summed E-state index contributed by atoms with van der Waals surface area (Å²) in [6, 6.07) is 48.3. The Balaban J connectivity index is 0.972. The molecule has 2 atom stereocenters. The van der Waals surface area contributed by atoms with Crippen LogP contribution in [0.3, 0.4) is 0 Å². The zero-order valence-corrected chi connectivity index (χ0v) is 41.0. The van der Waals surface area contributed by atoms with E-state index in [1.54, 1.807) is 4.52 Å². The minimum atomic E-state index is -0.992. The van der Waals surface area contributed by atoms with Crippen molar-refractivity contribution in [3.8, 4) is 0 Å². The molecule has 14 nitrogen and oxygen atoms in total. The maximum atomic E-state index is 14.6. The van der Waals surface area contributed by atoms with Gasteiger partial charge in [0.15, 0.2) is 16.2 Å². The number of hydrazone groups is 1. The number of carbonyl (C=O) groups is 3. The van der Waals surface area contributed by atoms with E-state index < -0.39 is 40.8 Å². The van der Waals surface area contributed by atoms with E-state index in [1.807, 2.05) is 146 Å². The quantitative estimate of drug-likeness (QED) is 0.0163. The largest absolute Gasteiger partial charge is 0.448 e. The summed E-state index contributed by atoms with van der Waals surface area (Å²) in [5.74, 6) is -1.17. The Hall–Kier alpha value is -6.54.